The summed E-state index contributed by atoms with van der Waals surface area (Å²) in [4.78, 5) is 38.7. The van der Waals surface area contributed by atoms with Crippen LogP contribution in [0.1, 0.15) is 31.2 Å². The number of hydrogen-bond acceptors (Lipinski definition) is 12. The molecular weight excluding hydrogens is 614 g/mol. The Morgan fingerprint density at radius 1 is 0.978 bits per heavy atom. The monoisotopic (exact) mass is 647 g/mol. The van der Waals surface area contributed by atoms with Crippen molar-refractivity contribution in [2.45, 2.75) is 63.7 Å². The molecule has 3 aromatic rings. The predicted octanol–water partition coefficient (Wildman–Crippen LogP) is 1.70. The molecule has 2 fully saturated rings. The number of hydrogen-bond donors (Lipinski definition) is 2. The van der Waals surface area contributed by atoms with Crippen LogP contribution in [0.3, 0.4) is 0 Å². The lowest BCUT2D eigenvalue weighted by molar-refractivity contribution is -0.199. The molecule has 242 valence electrons. The summed E-state index contributed by atoms with van der Waals surface area (Å²) < 4.78 is 67.4. The molecule has 1 aromatic heterocycles. The molecule has 2 saturated heterocycles. The summed E-state index contributed by atoms with van der Waals surface area (Å²) in [6.07, 6.45) is -5.17. The van der Waals surface area contributed by atoms with Gasteiger partial charge in [-0.2, -0.15) is 13.1 Å². The summed E-state index contributed by atoms with van der Waals surface area (Å²) in [5.41, 5.74) is 0.317. The first-order valence-electron chi connectivity index (χ1n) is 14.0. The van der Waals surface area contributed by atoms with Crippen molar-refractivity contribution >= 4 is 16.4 Å². The molecule has 2 N–H and O–H groups in total. The van der Waals surface area contributed by atoms with Gasteiger partial charge in [-0.15, -0.1) is 0 Å². The first-order valence-corrected chi connectivity index (χ1v) is 15.4. The van der Waals surface area contributed by atoms with E-state index < -0.39 is 70.9 Å². The predicted molar refractivity (Wildman–Crippen MR) is 155 cm³/mol. The van der Waals surface area contributed by atoms with Crippen molar-refractivity contribution in [1.29, 1.82) is 0 Å². The molecule has 0 radical (unpaired) electrons. The van der Waals surface area contributed by atoms with Gasteiger partial charge < -0.3 is 28.4 Å². The topological polar surface area (TPSA) is 183 Å². The zero-order chi connectivity index (χ0) is 32.0. The number of amides is 1. The minimum absolute atomic E-state index is 0.0658. The van der Waals surface area contributed by atoms with Crippen molar-refractivity contribution < 1.29 is 45.8 Å². The molecule has 2 aliphatic heterocycles. The van der Waals surface area contributed by atoms with E-state index in [2.05, 4.69) is 4.98 Å². The summed E-state index contributed by atoms with van der Waals surface area (Å²) in [5.74, 6) is -1.08. The number of aromatic nitrogens is 2. The van der Waals surface area contributed by atoms with Gasteiger partial charge in [0.05, 0.1) is 19.8 Å². The second-order valence-corrected chi connectivity index (χ2v) is 12.0. The summed E-state index contributed by atoms with van der Waals surface area (Å²) in [5, 5.41) is 0. The molecule has 5 atom stereocenters. The fourth-order valence-corrected chi connectivity index (χ4v) is 5.43. The molecule has 3 unspecified atom stereocenters. The molecule has 0 aliphatic carbocycles. The van der Waals surface area contributed by atoms with E-state index in [0.29, 0.717) is 0 Å². The summed E-state index contributed by atoms with van der Waals surface area (Å²) in [6, 6.07) is 19.5. The van der Waals surface area contributed by atoms with E-state index in [0.717, 1.165) is 21.8 Å². The molecule has 0 saturated carbocycles. The zero-order valence-electron chi connectivity index (χ0n) is 24.4. The van der Waals surface area contributed by atoms with Gasteiger partial charge in [0.25, 0.3) is 5.56 Å². The van der Waals surface area contributed by atoms with Gasteiger partial charge in [0.1, 0.15) is 24.9 Å². The third kappa shape index (κ3) is 8.85. The van der Waals surface area contributed by atoms with Gasteiger partial charge >= 0.3 is 22.1 Å². The summed E-state index contributed by atoms with van der Waals surface area (Å²) >= 11 is 0. The molecule has 0 bridgehead atoms. The Morgan fingerprint density at radius 2 is 1.62 bits per heavy atom. The maximum Gasteiger partial charge on any atom is 0.425 e. The molecule has 45 heavy (non-hydrogen) atoms. The number of rotatable bonds is 13. The molecule has 0 spiro atoms. The van der Waals surface area contributed by atoms with E-state index in [1.807, 2.05) is 60.7 Å². The number of carbonyl (C=O) groups excluding carboxylic acids is 1. The van der Waals surface area contributed by atoms with E-state index in [1.165, 1.54) is 6.20 Å². The lowest BCUT2D eigenvalue weighted by atomic mass is 10.1. The lowest BCUT2D eigenvalue weighted by Crippen LogP contribution is -2.39. The van der Waals surface area contributed by atoms with Crippen LogP contribution >= 0.6 is 0 Å². The Morgan fingerprint density at radius 3 is 2.29 bits per heavy atom. The van der Waals surface area contributed by atoms with Gasteiger partial charge in [0.2, 0.25) is 6.29 Å². The van der Waals surface area contributed by atoms with Crippen molar-refractivity contribution in [3.8, 4) is 0 Å². The second kappa shape index (κ2) is 14.0. The first-order chi connectivity index (χ1) is 21.5. The average molecular weight is 648 g/mol. The van der Waals surface area contributed by atoms with Crippen molar-refractivity contribution in [2.75, 3.05) is 13.2 Å². The molecule has 15 nitrogen and oxygen atoms in total. The molecule has 2 aromatic carbocycles. The van der Waals surface area contributed by atoms with Crippen LogP contribution in [0.25, 0.3) is 0 Å². The minimum Gasteiger partial charge on any atom is -0.416 e. The second-order valence-electron chi connectivity index (χ2n) is 10.6. The highest BCUT2D eigenvalue weighted by molar-refractivity contribution is 7.85. The summed E-state index contributed by atoms with van der Waals surface area (Å²) in [6.45, 7) is 2.76. The van der Waals surface area contributed by atoms with Crippen molar-refractivity contribution in [1.82, 2.24) is 14.3 Å². The molecule has 3 heterocycles. The SMILES string of the molecule is CC1(C)OC2C(COS(=O)(=O)NC(=O)OC(COCc3ccccc3)OCc3ccccc3)O[C@@H](n3ccc(=O)[nH]c3=O)[C@@H]2O1. The van der Waals surface area contributed by atoms with Crippen LogP contribution in [0.15, 0.2) is 82.5 Å². The van der Waals surface area contributed by atoms with Gasteiger partial charge in [0, 0.05) is 12.3 Å². The van der Waals surface area contributed by atoms with Crippen molar-refractivity contribution in [3.05, 3.63) is 105 Å². The number of nitrogens with one attached hydrogen (secondary N) is 2. The Kier molecular flexibility index (Phi) is 10.1. The van der Waals surface area contributed by atoms with Crippen LogP contribution in [0.2, 0.25) is 0 Å². The average Bonchev–Trinajstić information content (AvgIpc) is 3.48. The third-order valence-corrected chi connectivity index (χ3v) is 7.59. The van der Waals surface area contributed by atoms with E-state index in [9.17, 15) is 22.8 Å². The van der Waals surface area contributed by atoms with Gasteiger partial charge in [0.15, 0.2) is 12.0 Å². The number of H-pyrrole nitrogens is 1. The Bertz CT molecular complexity index is 1660. The zero-order valence-corrected chi connectivity index (χ0v) is 25.2. The molecule has 2 aliphatic rings. The highest BCUT2D eigenvalue weighted by Crippen LogP contribution is 2.42. The summed E-state index contributed by atoms with van der Waals surface area (Å²) in [7, 11) is -4.71. The number of ether oxygens (including phenoxy) is 6. The molecule has 16 heteroatoms. The Balaban J connectivity index is 1.18. The lowest BCUT2D eigenvalue weighted by Gasteiger charge is -2.24. The Hall–Kier alpha value is -3.90. The van der Waals surface area contributed by atoms with Gasteiger partial charge in [-0.05, 0) is 25.0 Å². The molecule has 5 rings (SSSR count). The number of benzene rings is 2. The van der Waals surface area contributed by atoms with E-state index in [-0.39, 0.29) is 19.8 Å². The number of aromatic amines is 1. The number of nitrogens with zero attached hydrogens (tertiary/aromatic N) is 1. The van der Waals surface area contributed by atoms with Crippen LogP contribution in [0.5, 0.6) is 0 Å². The van der Waals surface area contributed by atoms with Crippen molar-refractivity contribution in [3.63, 3.8) is 0 Å². The van der Waals surface area contributed by atoms with E-state index >= 15 is 0 Å². The maximum atomic E-state index is 12.7. The fourth-order valence-electron chi connectivity index (χ4n) is 4.80. The van der Waals surface area contributed by atoms with Crippen molar-refractivity contribution in [2.24, 2.45) is 0 Å². The fraction of sp³-hybridized carbons (Fsp3) is 0.414. The third-order valence-electron chi connectivity index (χ3n) is 6.73. The quantitative estimate of drug-likeness (QED) is 0.257. The number of fused-ring (bicyclic) bond motifs is 1. The van der Waals surface area contributed by atoms with Crippen LogP contribution in [0.4, 0.5) is 4.79 Å². The first kappa shape index (κ1) is 32.5. The maximum absolute atomic E-state index is 12.7. The van der Waals surface area contributed by atoms with Crippen LogP contribution < -0.4 is 16.0 Å². The van der Waals surface area contributed by atoms with Gasteiger partial charge in [-0.25, -0.2) is 9.59 Å². The normalized spacial score (nSPS) is 22.9. The standard InChI is InChI=1S/C29H33N3O12S/c1-29(2)43-24-21(41-26(25(24)44-29)32-14-13-22(33)30-27(32)34)17-40-45(36,37)31-28(35)42-23(39-16-20-11-7-4-8-12-20)18-38-15-19-9-5-3-6-10-19/h3-14,21,23-26H,15-18H2,1-2H3,(H,31,35)(H,30,33,34)/t21?,23?,24?,25-,26-/m1/s1. The highest BCUT2D eigenvalue weighted by atomic mass is 32.2. The highest BCUT2D eigenvalue weighted by Gasteiger charge is 2.56. The molecule has 1 amide bonds. The smallest absolute Gasteiger partial charge is 0.416 e. The van der Waals surface area contributed by atoms with Crippen LogP contribution in [0, 0.1) is 0 Å². The van der Waals surface area contributed by atoms with Gasteiger partial charge in [-0.1, -0.05) is 60.7 Å². The van der Waals surface area contributed by atoms with E-state index in [1.54, 1.807) is 18.6 Å². The molecular formula is C29H33N3O12S. The van der Waals surface area contributed by atoms with Gasteiger partial charge in [-0.3, -0.25) is 18.5 Å². The van der Waals surface area contributed by atoms with Crippen LogP contribution in [-0.2, 0) is 56.1 Å². The number of carbonyl (C=O) groups is 1. The van der Waals surface area contributed by atoms with Crippen LogP contribution in [-0.4, -0.2) is 67.7 Å². The Labute approximate surface area is 258 Å². The minimum atomic E-state index is -4.71. The van der Waals surface area contributed by atoms with E-state index in [4.69, 9.17) is 32.6 Å². The largest absolute Gasteiger partial charge is 0.425 e.